The van der Waals surface area contributed by atoms with Gasteiger partial charge in [0, 0.05) is 10.8 Å². The summed E-state index contributed by atoms with van der Waals surface area (Å²) in [5.41, 5.74) is 1.39. The van der Waals surface area contributed by atoms with Crippen molar-refractivity contribution in [1.82, 2.24) is 5.32 Å². The molecule has 2 N–H and O–H groups in total. The standard InChI is InChI=1S/C16H20N2O4S/c1-8-3-6-10-11(7-8)23-15(17-13(19)9-4-5-9)12(10)14(20)18-16(21)22-2/h8-9H,3-7H2,1-2H3,(H,17,19)(H,18,20,21)/t8-/m1/s1. The zero-order valence-electron chi connectivity index (χ0n) is 13.2. The van der Waals surface area contributed by atoms with Crippen molar-refractivity contribution in [3.05, 3.63) is 16.0 Å². The van der Waals surface area contributed by atoms with Crippen LogP contribution >= 0.6 is 11.3 Å². The first kappa shape index (κ1) is 16.0. The zero-order valence-corrected chi connectivity index (χ0v) is 14.0. The highest BCUT2D eigenvalue weighted by molar-refractivity contribution is 7.17. The number of hydrogen-bond donors (Lipinski definition) is 2. The first-order valence-electron chi connectivity index (χ1n) is 7.84. The molecule has 124 valence electrons. The predicted octanol–water partition coefficient (Wildman–Crippen LogP) is 2.72. The van der Waals surface area contributed by atoms with Gasteiger partial charge in [-0.1, -0.05) is 6.92 Å². The van der Waals surface area contributed by atoms with Crippen molar-refractivity contribution >= 4 is 34.2 Å². The Labute approximate surface area is 138 Å². The summed E-state index contributed by atoms with van der Waals surface area (Å²) in [6, 6.07) is 0. The van der Waals surface area contributed by atoms with Gasteiger partial charge in [0.25, 0.3) is 5.91 Å². The van der Waals surface area contributed by atoms with Gasteiger partial charge in [0.05, 0.1) is 12.7 Å². The van der Waals surface area contributed by atoms with Gasteiger partial charge in [-0.25, -0.2) is 4.79 Å². The normalized spacial score (nSPS) is 19.7. The van der Waals surface area contributed by atoms with E-state index in [0.29, 0.717) is 16.5 Å². The number of imide groups is 1. The molecular weight excluding hydrogens is 316 g/mol. The van der Waals surface area contributed by atoms with Gasteiger partial charge in [-0.2, -0.15) is 0 Å². The van der Waals surface area contributed by atoms with Gasteiger partial charge in [-0.3, -0.25) is 14.9 Å². The van der Waals surface area contributed by atoms with Crippen molar-refractivity contribution in [2.75, 3.05) is 12.4 Å². The zero-order chi connectivity index (χ0) is 16.6. The molecule has 0 spiro atoms. The van der Waals surface area contributed by atoms with Crippen LogP contribution < -0.4 is 10.6 Å². The SMILES string of the molecule is COC(=O)NC(=O)c1c(NC(=O)C2CC2)sc2c1CC[C@@H](C)C2. The number of ether oxygens (including phenoxy) is 1. The Morgan fingerprint density at radius 1 is 1.22 bits per heavy atom. The van der Waals surface area contributed by atoms with E-state index in [1.807, 2.05) is 0 Å². The summed E-state index contributed by atoms with van der Waals surface area (Å²) in [7, 11) is 1.21. The molecular formula is C16H20N2O4S. The van der Waals surface area contributed by atoms with Crippen LogP contribution in [0, 0.1) is 11.8 Å². The molecule has 1 heterocycles. The molecule has 2 aliphatic rings. The number of anilines is 1. The van der Waals surface area contributed by atoms with Crippen molar-refractivity contribution in [2.24, 2.45) is 11.8 Å². The van der Waals surface area contributed by atoms with Gasteiger partial charge in [0.15, 0.2) is 0 Å². The maximum Gasteiger partial charge on any atom is 0.413 e. The Kier molecular flexibility index (Phi) is 4.39. The van der Waals surface area contributed by atoms with E-state index in [1.54, 1.807) is 0 Å². The van der Waals surface area contributed by atoms with Crippen molar-refractivity contribution < 1.29 is 19.1 Å². The quantitative estimate of drug-likeness (QED) is 0.889. The molecule has 1 fully saturated rings. The third kappa shape index (κ3) is 3.39. The molecule has 3 rings (SSSR count). The minimum atomic E-state index is -0.793. The molecule has 1 aromatic rings. The van der Waals surface area contributed by atoms with E-state index in [2.05, 4.69) is 22.3 Å². The lowest BCUT2D eigenvalue weighted by Crippen LogP contribution is -2.31. The molecule has 1 saturated carbocycles. The smallest absolute Gasteiger partial charge is 0.413 e. The summed E-state index contributed by atoms with van der Waals surface area (Å²) in [5.74, 6) is 0.0768. The van der Waals surface area contributed by atoms with Crippen LogP contribution in [0.25, 0.3) is 0 Å². The molecule has 0 radical (unpaired) electrons. The van der Waals surface area contributed by atoms with Crippen molar-refractivity contribution in [3.63, 3.8) is 0 Å². The van der Waals surface area contributed by atoms with Gasteiger partial charge < -0.3 is 10.1 Å². The second-order valence-electron chi connectivity index (χ2n) is 6.27. The van der Waals surface area contributed by atoms with Gasteiger partial charge in [0.1, 0.15) is 5.00 Å². The maximum atomic E-state index is 12.5. The van der Waals surface area contributed by atoms with Gasteiger partial charge >= 0.3 is 6.09 Å². The molecule has 6 nitrogen and oxygen atoms in total. The fourth-order valence-electron chi connectivity index (χ4n) is 2.84. The molecule has 0 aromatic carbocycles. The molecule has 0 aliphatic heterocycles. The lowest BCUT2D eigenvalue weighted by Gasteiger charge is -2.18. The largest absolute Gasteiger partial charge is 0.453 e. The highest BCUT2D eigenvalue weighted by Crippen LogP contribution is 2.40. The summed E-state index contributed by atoms with van der Waals surface area (Å²) >= 11 is 1.46. The van der Waals surface area contributed by atoms with Crippen molar-refractivity contribution in [1.29, 1.82) is 0 Å². The maximum absolute atomic E-state index is 12.5. The molecule has 3 amide bonds. The Bertz CT molecular complexity index is 663. The van der Waals surface area contributed by atoms with Gasteiger partial charge in [-0.15, -0.1) is 11.3 Å². The van der Waals surface area contributed by atoms with Crippen LogP contribution in [0.2, 0.25) is 0 Å². The predicted molar refractivity (Wildman–Crippen MR) is 86.7 cm³/mol. The minimum Gasteiger partial charge on any atom is -0.453 e. The second-order valence-corrected chi connectivity index (χ2v) is 7.37. The number of amides is 3. The number of carbonyl (C=O) groups excluding carboxylic acids is 3. The number of nitrogens with one attached hydrogen (secondary N) is 2. The minimum absolute atomic E-state index is 0.0382. The average Bonchev–Trinajstić information content (AvgIpc) is 3.29. The number of methoxy groups -OCH3 is 1. The fourth-order valence-corrected chi connectivity index (χ4v) is 4.26. The molecule has 1 aromatic heterocycles. The summed E-state index contributed by atoms with van der Waals surface area (Å²) in [6.07, 6.45) is 3.69. The van der Waals surface area contributed by atoms with Gasteiger partial charge in [0.2, 0.25) is 5.91 Å². The molecule has 23 heavy (non-hydrogen) atoms. The van der Waals surface area contributed by atoms with Crippen molar-refractivity contribution in [3.8, 4) is 0 Å². The van der Waals surface area contributed by atoms with E-state index >= 15 is 0 Å². The highest BCUT2D eigenvalue weighted by atomic mass is 32.1. The fraction of sp³-hybridized carbons (Fsp3) is 0.562. The number of fused-ring (bicyclic) bond motifs is 1. The van der Waals surface area contributed by atoms with Gasteiger partial charge in [-0.05, 0) is 43.6 Å². The second kappa shape index (κ2) is 6.31. The van der Waals surface area contributed by atoms with E-state index in [9.17, 15) is 14.4 Å². The first-order valence-corrected chi connectivity index (χ1v) is 8.66. The number of hydrogen-bond acceptors (Lipinski definition) is 5. The lowest BCUT2D eigenvalue weighted by atomic mass is 9.88. The van der Waals surface area contributed by atoms with E-state index < -0.39 is 12.0 Å². The molecule has 0 saturated heterocycles. The summed E-state index contributed by atoms with van der Waals surface area (Å²) in [6.45, 7) is 2.18. The molecule has 2 aliphatic carbocycles. The van der Waals surface area contributed by atoms with Crippen LogP contribution in [0.15, 0.2) is 0 Å². The topological polar surface area (TPSA) is 84.5 Å². The van der Waals surface area contributed by atoms with E-state index in [0.717, 1.165) is 42.5 Å². The molecule has 0 unspecified atom stereocenters. The third-order valence-electron chi connectivity index (χ3n) is 4.32. The van der Waals surface area contributed by atoms with Crippen LogP contribution in [0.1, 0.15) is 47.0 Å². The summed E-state index contributed by atoms with van der Waals surface area (Å²) in [4.78, 5) is 37.0. The Morgan fingerprint density at radius 3 is 2.61 bits per heavy atom. The molecule has 7 heteroatoms. The molecule has 0 bridgehead atoms. The van der Waals surface area contributed by atoms with E-state index in [1.165, 1.54) is 18.4 Å². The van der Waals surface area contributed by atoms with Crippen LogP contribution in [0.5, 0.6) is 0 Å². The number of alkyl carbamates (subject to hydrolysis) is 1. The lowest BCUT2D eigenvalue weighted by molar-refractivity contribution is -0.117. The third-order valence-corrected chi connectivity index (χ3v) is 5.49. The van der Waals surface area contributed by atoms with E-state index in [4.69, 9.17) is 0 Å². The molecule has 1 atom stereocenters. The van der Waals surface area contributed by atoms with Crippen LogP contribution in [-0.4, -0.2) is 25.0 Å². The van der Waals surface area contributed by atoms with Crippen LogP contribution in [0.4, 0.5) is 9.80 Å². The monoisotopic (exact) mass is 336 g/mol. The van der Waals surface area contributed by atoms with E-state index in [-0.39, 0.29) is 11.8 Å². The number of thiophene rings is 1. The Balaban J connectivity index is 1.91. The Morgan fingerprint density at radius 2 is 1.96 bits per heavy atom. The number of rotatable bonds is 3. The summed E-state index contributed by atoms with van der Waals surface area (Å²) in [5, 5.41) is 5.65. The van der Waals surface area contributed by atoms with Crippen LogP contribution in [-0.2, 0) is 22.4 Å². The Hall–Kier alpha value is -1.89. The van der Waals surface area contributed by atoms with Crippen LogP contribution in [0.3, 0.4) is 0 Å². The number of carbonyl (C=O) groups is 3. The van der Waals surface area contributed by atoms with Crippen molar-refractivity contribution in [2.45, 2.75) is 39.0 Å². The first-order chi connectivity index (χ1) is 11.0. The average molecular weight is 336 g/mol. The highest BCUT2D eigenvalue weighted by Gasteiger charge is 2.33. The summed E-state index contributed by atoms with van der Waals surface area (Å²) < 4.78 is 4.49.